The van der Waals surface area contributed by atoms with Gasteiger partial charge in [0, 0.05) is 31.2 Å². The van der Waals surface area contributed by atoms with E-state index in [0.717, 1.165) is 12.8 Å². The molecule has 1 amide bonds. The Balaban J connectivity index is 1.96. The first-order valence-corrected chi connectivity index (χ1v) is 11.3. The molecule has 2 aromatic rings. The quantitative estimate of drug-likeness (QED) is 0.647. The van der Waals surface area contributed by atoms with Gasteiger partial charge in [0.1, 0.15) is 5.82 Å². The van der Waals surface area contributed by atoms with Gasteiger partial charge in [-0.05, 0) is 51.0 Å². The number of amides is 1. The lowest BCUT2D eigenvalue weighted by Crippen LogP contribution is -2.34. The molecule has 1 aliphatic rings. The molecular formula is C21H24ClFN2O3S. The third-order valence-corrected chi connectivity index (χ3v) is 7.48. The third kappa shape index (κ3) is 4.63. The Kier molecular flexibility index (Phi) is 6.31. The summed E-state index contributed by atoms with van der Waals surface area (Å²) in [6.07, 6.45) is 1.65. The molecule has 0 radical (unpaired) electrons. The number of hydrogen-bond acceptors (Lipinski definition) is 3. The number of sulfonamides is 1. The normalized spacial score (nSPS) is 14.4. The van der Waals surface area contributed by atoms with Crippen molar-refractivity contribution in [3.63, 3.8) is 0 Å². The van der Waals surface area contributed by atoms with Crippen LogP contribution in [0.15, 0.2) is 47.4 Å². The minimum absolute atomic E-state index is 0.00286. The molecule has 0 heterocycles. The smallest absolute Gasteiger partial charge is 0.255 e. The van der Waals surface area contributed by atoms with Crippen LogP contribution in [0.2, 0.25) is 5.02 Å². The van der Waals surface area contributed by atoms with Crippen LogP contribution in [0.25, 0.3) is 0 Å². The van der Waals surface area contributed by atoms with E-state index in [2.05, 4.69) is 0 Å². The van der Waals surface area contributed by atoms with Crippen LogP contribution in [0.3, 0.4) is 0 Å². The minimum atomic E-state index is -3.76. The molecular weight excluding hydrogens is 415 g/mol. The summed E-state index contributed by atoms with van der Waals surface area (Å²) < 4.78 is 41.0. The van der Waals surface area contributed by atoms with Crippen molar-refractivity contribution in [2.75, 3.05) is 7.05 Å². The van der Waals surface area contributed by atoms with Crippen molar-refractivity contribution in [2.24, 2.45) is 0 Å². The number of nitrogens with zero attached hydrogens (tertiary/aromatic N) is 2. The van der Waals surface area contributed by atoms with Crippen LogP contribution in [0, 0.1) is 5.82 Å². The van der Waals surface area contributed by atoms with Crippen LogP contribution in [0.4, 0.5) is 4.39 Å². The summed E-state index contributed by atoms with van der Waals surface area (Å²) in [5.41, 5.74) is 0.514. The lowest BCUT2D eigenvalue weighted by Gasteiger charge is -2.25. The molecule has 3 rings (SSSR count). The van der Waals surface area contributed by atoms with E-state index in [-0.39, 0.29) is 39.9 Å². The zero-order valence-electron chi connectivity index (χ0n) is 16.6. The van der Waals surface area contributed by atoms with Crippen LogP contribution >= 0.6 is 11.6 Å². The largest absolute Gasteiger partial charge is 0.331 e. The highest BCUT2D eigenvalue weighted by molar-refractivity contribution is 7.89. The summed E-state index contributed by atoms with van der Waals surface area (Å²) >= 11 is 6.26. The third-order valence-electron chi connectivity index (χ3n) is 5.12. The van der Waals surface area contributed by atoms with Gasteiger partial charge in [0.15, 0.2) is 0 Å². The fourth-order valence-corrected chi connectivity index (χ4v) is 4.58. The summed E-state index contributed by atoms with van der Waals surface area (Å²) in [6, 6.07) is 10.2. The van der Waals surface area contributed by atoms with Crippen molar-refractivity contribution in [1.82, 2.24) is 9.21 Å². The van der Waals surface area contributed by atoms with E-state index >= 15 is 0 Å². The monoisotopic (exact) mass is 438 g/mol. The highest BCUT2D eigenvalue weighted by Gasteiger charge is 2.35. The Morgan fingerprint density at radius 2 is 1.86 bits per heavy atom. The molecule has 0 aliphatic heterocycles. The molecule has 1 saturated carbocycles. The van der Waals surface area contributed by atoms with E-state index in [1.54, 1.807) is 36.9 Å². The van der Waals surface area contributed by atoms with Crippen LogP contribution in [-0.2, 0) is 16.6 Å². The molecule has 0 N–H and O–H groups in total. The average molecular weight is 439 g/mol. The van der Waals surface area contributed by atoms with Gasteiger partial charge >= 0.3 is 0 Å². The summed E-state index contributed by atoms with van der Waals surface area (Å²) in [6.45, 7) is 3.64. The zero-order valence-corrected chi connectivity index (χ0v) is 18.2. The summed E-state index contributed by atoms with van der Waals surface area (Å²) in [5, 5.41) is 0.167. The van der Waals surface area contributed by atoms with Crippen molar-refractivity contribution >= 4 is 27.5 Å². The van der Waals surface area contributed by atoms with E-state index < -0.39 is 15.9 Å². The first-order valence-electron chi connectivity index (χ1n) is 9.45. The van der Waals surface area contributed by atoms with Crippen LogP contribution in [0.1, 0.15) is 42.6 Å². The van der Waals surface area contributed by atoms with Gasteiger partial charge in [-0.15, -0.1) is 0 Å². The molecule has 5 nitrogen and oxygen atoms in total. The second-order valence-corrected chi connectivity index (χ2v) is 9.92. The highest BCUT2D eigenvalue weighted by Crippen LogP contribution is 2.32. The van der Waals surface area contributed by atoms with Crippen LogP contribution in [-0.4, -0.2) is 42.7 Å². The van der Waals surface area contributed by atoms with Gasteiger partial charge < -0.3 is 4.90 Å². The standard InChI is InChI=1S/C21H24ClFN2O3S/c1-14(2)24(3)29(27,28)17-10-11-19(22)18(12-17)21(26)25(16-8-9-16)13-15-6-4-5-7-20(15)23/h4-7,10-12,14,16H,8-9,13H2,1-3H3. The first kappa shape index (κ1) is 21.7. The number of carbonyl (C=O) groups excluding carboxylic acids is 1. The molecule has 0 aromatic heterocycles. The van der Waals surface area contributed by atoms with E-state index in [9.17, 15) is 17.6 Å². The fourth-order valence-electron chi connectivity index (χ4n) is 2.99. The Labute approximate surface area is 176 Å². The first-order chi connectivity index (χ1) is 13.6. The highest BCUT2D eigenvalue weighted by atomic mass is 35.5. The Bertz CT molecular complexity index is 1020. The van der Waals surface area contributed by atoms with E-state index in [1.165, 1.54) is 35.6 Å². The maximum absolute atomic E-state index is 14.1. The molecule has 1 aliphatic carbocycles. The van der Waals surface area contributed by atoms with Crippen molar-refractivity contribution in [3.8, 4) is 0 Å². The van der Waals surface area contributed by atoms with Crippen molar-refractivity contribution in [2.45, 2.75) is 50.2 Å². The number of hydrogen-bond donors (Lipinski definition) is 0. The molecule has 1 fully saturated rings. The molecule has 2 aromatic carbocycles. The van der Waals surface area contributed by atoms with Gasteiger partial charge in [0.2, 0.25) is 10.0 Å². The Morgan fingerprint density at radius 1 is 1.21 bits per heavy atom. The van der Waals surface area contributed by atoms with E-state index in [0.29, 0.717) is 5.56 Å². The van der Waals surface area contributed by atoms with Crippen LogP contribution < -0.4 is 0 Å². The molecule has 0 bridgehead atoms. The lowest BCUT2D eigenvalue weighted by molar-refractivity contribution is 0.0728. The Hall–Kier alpha value is -1.96. The predicted molar refractivity (Wildman–Crippen MR) is 111 cm³/mol. The van der Waals surface area contributed by atoms with Gasteiger partial charge in [-0.3, -0.25) is 4.79 Å². The van der Waals surface area contributed by atoms with Crippen molar-refractivity contribution in [3.05, 3.63) is 64.4 Å². The molecule has 0 unspecified atom stereocenters. The minimum Gasteiger partial charge on any atom is -0.331 e. The predicted octanol–water partition coefficient (Wildman–Crippen LogP) is 4.31. The molecule has 29 heavy (non-hydrogen) atoms. The Morgan fingerprint density at radius 3 is 2.45 bits per heavy atom. The molecule has 8 heteroatoms. The van der Waals surface area contributed by atoms with Crippen molar-refractivity contribution < 1.29 is 17.6 Å². The van der Waals surface area contributed by atoms with Gasteiger partial charge in [0.05, 0.1) is 15.5 Å². The number of carbonyl (C=O) groups is 1. The average Bonchev–Trinajstić information content (AvgIpc) is 3.51. The number of rotatable bonds is 7. The van der Waals surface area contributed by atoms with Gasteiger partial charge in [-0.1, -0.05) is 29.8 Å². The second-order valence-electron chi connectivity index (χ2n) is 7.51. The summed E-state index contributed by atoms with van der Waals surface area (Å²) in [5.74, 6) is -0.781. The van der Waals surface area contributed by atoms with Gasteiger partial charge in [-0.2, -0.15) is 4.31 Å². The molecule has 156 valence electrons. The van der Waals surface area contributed by atoms with Gasteiger partial charge in [-0.25, -0.2) is 12.8 Å². The van der Waals surface area contributed by atoms with Crippen LogP contribution in [0.5, 0.6) is 0 Å². The fraction of sp³-hybridized carbons (Fsp3) is 0.381. The molecule has 0 spiro atoms. The summed E-state index contributed by atoms with van der Waals surface area (Å²) in [4.78, 5) is 14.8. The SMILES string of the molecule is CC(C)N(C)S(=O)(=O)c1ccc(Cl)c(C(=O)N(Cc2ccccc2F)C2CC2)c1. The number of benzene rings is 2. The van der Waals surface area contributed by atoms with E-state index in [1.807, 2.05) is 0 Å². The molecule has 0 atom stereocenters. The lowest BCUT2D eigenvalue weighted by atomic mass is 10.1. The maximum Gasteiger partial charge on any atom is 0.255 e. The van der Waals surface area contributed by atoms with Crippen molar-refractivity contribution in [1.29, 1.82) is 0 Å². The van der Waals surface area contributed by atoms with Gasteiger partial charge in [0.25, 0.3) is 5.91 Å². The summed E-state index contributed by atoms with van der Waals surface area (Å²) in [7, 11) is -2.27. The topological polar surface area (TPSA) is 57.7 Å². The molecule has 0 saturated heterocycles. The maximum atomic E-state index is 14.1. The number of halogens is 2. The van der Waals surface area contributed by atoms with E-state index in [4.69, 9.17) is 11.6 Å². The second kappa shape index (κ2) is 8.42. The zero-order chi connectivity index (χ0) is 21.3.